The monoisotopic (exact) mass is 388 g/mol. The van der Waals surface area contributed by atoms with Gasteiger partial charge in [0, 0.05) is 0 Å². The minimum atomic E-state index is -1.07. The zero-order valence-electron chi connectivity index (χ0n) is 10.2. The van der Waals surface area contributed by atoms with Crippen LogP contribution in [0, 0.1) is 3.57 Å². The van der Waals surface area contributed by atoms with Crippen LogP contribution in [0.2, 0.25) is 0 Å². The lowest BCUT2D eigenvalue weighted by Gasteiger charge is -2.09. The summed E-state index contributed by atoms with van der Waals surface area (Å²) in [4.78, 5) is 28.7. The molecule has 1 aromatic carbocycles. The molecule has 104 valence electrons. The second kappa shape index (κ2) is 5.90. The molecule has 0 saturated heterocycles. The maximum atomic E-state index is 11.5. The Balaban J connectivity index is 2.44. The van der Waals surface area contributed by atoms with Crippen molar-refractivity contribution in [2.45, 2.75) is 0 Å². The largest absolute Gasteiger partial charge is 0.487 e. The van der Waals surface area contributed by atoms with Gasteiger partial charge in [-0.15, -0.1) is 0 Å². The van der Waals surface area contributed by atoms with E-state index < -0.39 is 11.5 Å². The lowest BCUT2D eigenvalue weighted by molar-refractivity contribution is 0.0696. The van der Waals surface area contributed by atoms with Gasteiger partial charge in [-0.25, -0.2) is 9.78 Å². The molecule has 0 fully saturated rings. The van der Waals surface area contributed by atoms with E-state index in [-0.39, 0.29) is 22.9 Å². The van der Waals surface area contributed by atoms with E-state index in [1.807, 2.05) is 22.6 Å². The topological polar surface area (TPSA) is 102 Å². The molecule has 0 bridgehead atoms. The van der Waals surface area contributed by atoms with Crippen LogP contribution in [0.1, 0.15) is 10.4 Å². The molecule has 0 atom stereocenters. The number of nitrogens with one attached hydrogen (secondary N) is 1. The number of carboxylic acid groups (broad SMARTS) is 1. The van der Waals surface area contributed by atoms with Gasteiger partial charge in [0.15, 0.2) is 0 Å². The molecule has 0 radical (unpaired) electrons. The molecule has 0 aliphatic rings. The highest BCUT2D eigenvalue weighted by atomic mass is 127. The third kappa shape index (κ3) is 2.90. The summed E-state index contributed by atoms with van der Waals surface area (Å²) < 4.78 is 11.1. The van der Waals surface area contributed by atoms with Gasteiger partial charge in [-0.3, -0.25) is 4.79 Å². The zero-order chi connectivity index (χ0) is 14.7. The number of carboxylic acids is 1. The fourth-order valence-electron chi connectivity index (χ4n) is 1.44. The number of nitrogens with zero attached hydrogens (tertiary/aromatic N) is 1. The Labute approximate surface area is 126 Å². The van der Waals surface area contributed by atoms with Crippen molar-refractivity contribution in [1.29, 1.82) is 0 Å². The van der Waals surface area contributed by atoms with Crippen LogP contribution in [0.25, 0.3) is 0 Å². The van der Waals surface area contributed by atoms with Crippen LogP contribution in [0.4, 0.5) is 0 Å². The Morgan fingerprint density at radius 3 is 2.85 bits per heavy atom. The lowest BCUT2D eigenvalue weighted by Crippen LogP contribution is -2.11. The number of aromatic nitrogens is 2. The van der Waals surface area contributed by atoms with Gasteiger partial charge in [0.05, 0.1) is 22.6 Å². The average Bonchev–Trinajstić information content (AvgIpc) is 2.41. The summed E-state index contributed by atoms with van der Waals surface area (Å²) >= 11 is 1.99. The zero-order valence-corrected chi connectivity index (χ0v) is 12.4. The maximum absolute atomic E-state index is 11.5. The van der Waals surface area contributed by atoms with Gasteiger partial charge in [0.1, 0.15) is 5.75 Å². The third-order valence-electron chi connectivity index (χ3n) is 2.37. The van der Waals surface area contributed by atoms with Crippen LogP contribution in [-0.4, -0.2) is 28.2 Å². The van der Waals surface area contributed by atoms with Gasteiger partial charge >= 0.3 is 5.97 Å². The molecule has 0 aliphatic heterocycles. The quantitative estimate of drug-likeness (QED) is 0.776. The van der Waals surface area contributed by atoms with E-state index in [4.69, 9.17) is 14.6 Å². The van der Waals surface area contributed by atoms with E-state index in [1.54, 1.807) is 6.07 Å². The number of ether oxygens (including phenoxy) is 2. The molecule has 2 rings (SSSR count). The first-order valence-electron chi connectivity index (χ1n) is 5.35. The molecule has 0 saturated carbocycles. The minimum absolute atomic E-state index is 0.0308. The molecular formula is C12H9IN2O5. The summed E-state index contributed by atoms with van der Waals surface area (Å²) in [7, 11) is 1.32. The van der Waals surface area contributed by atoms with Crippen molar-refractivity contribution in [3.63, 3.8) is 0 Å². The lowest BCUT2D eigenvalue weighted by atomic mass is 10.2. The molecule has 1 aromatic heterocycles. The average molecular weight is 388 g/mol. The number of halogens is 1. The van der Waals surface area contributed by atoms with Crippen LogP contribution in [0.3, 0.4) is 0 Å². The smallest absolute Gasteiger partial charge is 0.335 e. The third-order valence-corrected chi connectivity index (χ3v) is 3.26. The number of carbonyl (C=O) groups is 1. The van der Waals surface area contributed by atoms with Gasteiger partial charge in [0.2, 0.25) is 5.75 Å². The number of H-pyrrole nitrogens is 1. The summed E-state index contributed by atoms with van der Waals surface area (Å²) in [5.74, 6) is -0.903. The van der Waals surface area contributed by atoms with Crippen LogP contribution >= 0.6 is 22.6 Å². The molecule has 2 N–H and O–H groups in total. The molecule has 2 aromatic rings. The minimum Gasteiger partial charge on any atom is -0.487 e. The number of aromatic amines is 1. The van der Waals surface area contributed by atoms with Crippen LogP contribution in [-0.2, 0) is 0 Å². The van der Waals surface area contributed by atoms with E-state index in [0.717, 1.165) is 0 Å². The highest BCUT2D eigenvalue weighted by Crippen LogP contribution is 2.30. The van der Waals surface area contributed by atoms with Crippen molar-refractivity contribution in [2.24, 2.45) is 0 Å². The standard InChI is InChI=1S/C12H9IN2O5/c1-19-9-10(16)14-5-15-11(9)20-8-4-6(12(17)18)2-3-7(8)13/h2-5H,1H3,(H,17,18)(H,14,15,16). The van der Waals surface area contributed by atoms with Crippen molar-refractivity contribution in [1.82, 2.24) is 9.97 Å². The van der Waals surface area contributed by atoms with Gasteiger partial charge in [-0.1, -0.05) is 0 Å². The van der Waals surface area contributed by atoms with Crippen LogP contribution < -0.4 is 15.0 Å². The molecule has 0 unspecified atom stereocenters. The SMILES string of the molecule is COc1c(Oc2cc(C(=O)O)ccc2I)nc[nH]c1=O. The fraction of sp³-hybridized carbons (Fsp3) is 0.0833. The highest BCUT2D eigenvalue weighted by Gasteiger charge is 2.14. The normalized spacial score (nSPS) is 10.1. The number of rotatable bonds is 4. The number of aromatic carboxylic acids is 1. The molecule has 0 aliphatic carbocycles. The summed E-state index contributed by atoms with van der Waals surface area (Å²) in [5.41, 5.74) is -0.411. The van der Waals surface area contributed by atoms with Crippen molar-refractivity contribution >= 4 is 28.6 Å². The summed E-state index contributed by atoms with van der Waals surface area (Å²) in [5, 5.41) is 8.96. The Morgan fingerprint density at radius 2 is 2.20 bits per heavy atom. The molecule has 1 heterocycles. The summed E-state index contributed by atoms with van der Waals surface area (Å²) in [6.45, 7) is 0. The molecular weight excluding hydrogens is 379 g/mol. The summed E-state index contributed by atoms with van der Waals surface area (Å²) in [6, 6.07) is 4.41. The molecule has 0 spiro atoms. The Bertz CT molecular complexity index is 713. The van der Waals surface area contributed by atoms with Gasteiger partial charge in [-0.05, 0) is 40.8 Å². The van der Waals surface area contributed by atoms with Gasteiger partial charge < -0.3 is 19.6 Å². The summed E-state index contributed by atoms with van der Waals surface area (Å²) in [6.07, 6.45) is 1.17. The van der Waals surface area contributed by atoms with E-state index in [1.165, 1.54) is 25.6 Å². The number of benzene rings is 1. The molecule has 8 heteroatoms. The van der Waals surface area contributed by atoms with Crippen molar-refractivity contribution in [2.75, 3.05) is 7.11 Å². The Morgan fingerprint density at radius 1 is 1.45 bits per heavy atom. The first kappa shape index (κ1) is 14.3. The van der Waals surface area contributed by atoms with E-state index in [9.17, 15) is 9.59 Å². The second-order valence-corrected chi connectivity index (χ2v) is 4.78. The van der Waals surface area contributed by atoms with Gasteiger partial charge in [-0.2, -0.15) is 0 Å². The van der Waals surface area contributed by atoms with Crippen LogP contribution in [0.5, 0.6) is 17.4 Å². The molecule has 7 nitrogen and oxygen atoms in total. The van der Waals surface area contributed by atoms with E-state index >= 15 is 0 Å². The highest BCUT2D eigenvalue weighted by molar-refractivity contribution is 14.1. The van der Waals surface area contributed by atoms with Crippen molar-refractivity contribution in [3.05, 3.63) is 44.0 Å². The maximum Gasteiger partial charge on any atom is 0.335 e. The van der Waals surface area contributed by atoms with E-state index in [2.05, 4.69) is 9.97 Å². The predicted octanol–water partition coefficient (Wildman–Crippen LogP) is 1.87. The van der Waals surface area contributed by atoms with Crippen LogP contribution in [0.15, 0.2) is 29.3 Å². The number of hydrogen-bond donors (Lipinski definition) is 2. The van der Waals surface area contributed by atoms with E-state index in [0.29, 0.717) is 3.57 Å². The first-order chi connectivity index (χ1) is 9.52. The molecule has 20 heavy (non-hydrogen) atoms. The van der Waals surface area contributed by atoms with Gasteiger partial charge in [0.25, 0.3) is 11.4 Å². The Hall–Kier alpha value is -2.10. The first-order valence-corrected chi connectivity index (χ1v) is 6.43. The predicted molar refractivity (Wildman–Crippen MR) is 77.6 cm³/mol. The Kier molecular flexibility index (Phi) is 4.23. The fourth-order valence-corrected chi connectivity index (χ4v) is 1.89. The number of methoxy groups -OCH3 is 1. The molecule has 0 amide bonds. The van der Waals surface area contributed by atoms with Crippen molar-refractivity contribution < 1.29 is 19.4 Å². The second-order valence-electron chi connectivity index (χ2n) is 3.62. The number of hydrogen-bond acceptors (Lipinski definition) is 5. The van der Waals surface area contributed by atoms with Crippen molar-refractivity contribution in [3.8, 4) is 17.4 Å².